The van der Waals surface area contributed by atoms with E-state index in [1.54, 1.807) is 0 Å². The Bertz CT molecular complexity index is 577. The summed E-state index contributed by atoms with van der Waals surface area (Å²) >= 11 is 0. The molecule has 5 nitrogen and oxygen atoms in total. The molecule has 0 aliphatic carbocycles. The van der Waals surface area contributed by atoms with Crippen molar-refractivity contribution < 1.29 is 22.4 Å². The molecule has 2 unspecified atom stereocenters. The average molecular weight is 304 g/mol. The highest BCUT2D eigenvalue weighted by Crippen LogP contribution is 2.30. The first-order valence-corrected chi connectivity index (χ1v) is 6.47. The van der Waals surface area contributed by atoms with Crippen LogP contribution in [0.1, 0.15) is 22.7 Å². The normalized spacial score (nSPS) is 27.9. The van der Waals surface area contributed by atoms with E-state index in [-0.39, 0.29) is 6.04 Å². The maximum atomic E-state index is 13.1. The van der Waals surface area contributed by atoms with Crippen LogP contribution in [0.15, 0.2) is 6.20 Å². The van der Waals surface area contributed by atoms with Gasteiger partial charge in [0.25, 0.3) is 5.91 Å². The topological polar surface area (TPSA) is 58.1 Å². The predicted octanol–water partition coefficient (Wildman–Crippen LogP) is 1.07. The molecular weight excluding hydrogens is 292 g/mol. The Kier molecular flexibility index (Phi) is 3.31. The molecule has 3 heterocycles. The molecule has 1 amide bonds. The molecule has 2 bridgehead atoms. The number of nitrogens with zero attached hydrogens (tertiary/aromatic N) is 3. The Morgan fingerprint density at radius 1 is 1.38 bits per heavy atom. The van der Waals surface area contributed by atoms with Gasteiger partial charge in [-0.3, -0.25) is 4.79 Å². The predicted molar refractivity (Wildman–Crippen MR) is 62.8 cm³/mol. The van der Waals surface area contributed by atoms with Gasteiger partial charge in [-0.2, -0.15) is 13.2 Å². The van der Waals surface area contributed by atoms with E-state index in [0.29, 0.717) is 18.7 Å². The van der Waals surface area contributed by atoms with E-state index >= 15 is 0 Å². The third kappa shape index (κ3) is 2.69. The first kappa shape index (κ1) is 14.2. The van der Waals surface area contributed by atoms with Crippen molar-refractivity contribution in [2.24, 2.45) is 5.92 Å². The molecule has 1 N–H and O–H groups in total. The lowest BCUT2D eigenvalue weighted by atomic mass is 10.00. The van der Waals surface area contributed by atoms with Gasteiger partial charge in [0.05, 0.1) is 6.20 Å². The van der Waals surface area contributed by atoms with E-state index in [4.69, 9.17) is 0 Å². The lowest BCUT2D eigenvalue weighted by Gasteiger charge is -2.22. The molecule has 2 fully saturated rings. The summed E-state index contributed by atoms with van der Waals surface area (Å²) in [7, 11) is 0. The summed E-state index contributed by atoms with van der Waals surface area (Å²) in [4.78, 5) is 20.4. The van der Waals surface area contributed by atoms with Crippen molar-refractivity contribution in [1.82, 2.24) is 20.2 Å². The van der Waals surface area contributed by atoms with E-state index in [1.807, 2.05) is 0 Å². The van der Waals surface area contributed by atoms with Crippen molar-refractivity contribution in [1.29, 1.82) is 0 Å². The van der Waals surface area contributed by atoms with Crippen LogP contribution in [0.25, 0.3) is 0 Å². The molecule has 9 heteroatoms. The molecule has 21 heavy (non-hydrogen) atoms. The molecule has 1 aromatic rings. The van der Waals surface area contributed by atoms with Crippen molar-refractivity contribution in [2.75, 3.05) is 19.6 Å². The summed E-state index contributed by atoms with van der Waals surface area (Å²) in [6.07, 6.45) is -3.64. The highest BCUT2D eigenvalue weighted by atomic mass is 19.4. The second-order valence-corrected chi connectivity index (χ2v) is 5.28. The van der Waals surface area contributed by atoms with Crippen LogP contribution in [0.5, 0.6) is 0 Å². The Morgan fingerprint density at radius 2 is 2.14 bits per heavy atom. The lowest BCUT2D eigenvalue weighted by molar-refractivity contribution is -0.143. The van der Waals surface area contributed by atoms with Crippen LogP contribution in [0.3, 0.4) is 0 Å². The zero-order valence-electron chi connectivity index (χ0n) is 10.8. The second kappa shape index (κ2) is 4.90. The van der Waals surface area contributed by atoms with Crippen LogP contribution in [-0.2, 0) is 6.18 Å². The minimum absolute atomic E-state index is 0.116. The molecule has 2 aliphatic rings. The van der Waals surface area contributed by atoms with Gasteiger partial charge in [-0.25, -0.2) is 14.4 Å². The third-order valence-electron chi connectivity index (χ3n) is 3.86. The van der Waals surface area contributed by atoms with Crippen molar-refractivity contribution in [3.63, 3.8) is 0 Å². The number of nitrogens with one attached hydrogen (secondary N) is 1. The molecule has 3 rings (SSSR count). The summed E-state index contributed by atoms with van der Waals surface area (Å²) in [5.74, 6) is -2.76. The van der Waals surface area contributed by atoms with Crippen molar-refractivity contribution >= 4 is 5.91 Å². The maximum Gasteiger partial charge on any atom is 0.436 e. The Morgan fingerprint density at radius 3 is 2.71 bits per heavy atom. The van der Waals surface area contributed by atoms with Gasteiger partial charge in [0.1, 0.15) is 0 Å². The number of alkyl halides is 3. The number of carbonyl (C=O) groups excluding carboxylic acids is 1. The zero-order valence-corrected chi connectivity index (χ0v) is 10.8. The molecular formula is C12H12F4N4O. The van der Waals surface area contributed by atoms with Gasteiger partial charge in [-0.1, -0.05) is 0 Å². The number of amides is 1. The zero-order chi connectivity index (χ0) is 15.2. The van der Waals surface area contributed by atoms with E-state index in [1.165, 1.54) is 0 Å². The first-order chi connectivity index (χ1) is 9.84. The van der Waals surface area contributed by atoms with Crippen LogP contribution in [0, 0.1) is 11.7 Å². The minimum atomic E-state index is -4.96. The van der Waals surface area contributed by atoms with Gasteiger partial charge in [-0.15, -0.1) is 0 Å². The largest absolute Gasteiger partial charge is 0.436 e. The van der Waals surface area contributed by atoms with Crippen LogP contribution < -0.4 is 5.32 Å². The number of halogens is 4. The van der Waals surface area contributed by atoms with Gasteiger partial charge in [0, 0.05) is 19.1 Å². The van der Waals surface area contributed by atoms with Crippen LogP contribution in [-0.4, -0.2) is 46.5 Å². The molecule has 2 aliphatic heterocycles. The SMILES string of the molecule is O=C(NC1CN2CC[C@H]1C2)c1ncc(F)c(C(F)(F)F)n1. The van der Waals surface area contributed by atoms with E-state index < -0.39 is 29.4 Å². The smallest absolute Gasteiger partial charge is 0.345 e. The minimum Gasteiger partial charge on any atom is -0.345 e. The fraction of sp³-hybridized carbons (Fsp3) is 0.583. The van der Waals surface area contributed by atoms with Crippen LogP contribution in [0.2, 0.25) is 0 Å². The van der Waals surface area contributed by atoms with Gasteiger partial charge in [-0.05, 0) is 18.9 Å². The highest BCUT2D eigenvalue weighted by Gasteiger charge is 2.40. The number of rotatable bonds is 2. The quantitative estimate of drug-likeness (QED) is 0.830. The van der Waals surface area contributed by atoms with Gasteiger partial charge in [0.15, 0.2) is 11.5 Å². The summed E-state index contributed by atoms with van der Waals surface area (Å²) in [6.45, 7) is 2.52. The number of piperidine rings is 1. The lowest BCUT2D eigenvalue weighted by Crippen LogP contribution is -2.43. The van der Waals surface area contributed by atoms with Crippen molar-refractivity contribution in [3.05, 3.63) is 23.5 Å². The molecule has 3 atom stereocenters. The van der Waals surface area contributed by atoms with E-state index in [9.17, 15) is 22.4 Å². The van der Waals surface area contributed by atoms with Crippen LogP contribution >= 0.6 is 0 Å². The number of carbonyl (C=O) groups is 1. The van der Waals surface area contributed by atoms with Crippen LogP contribution in [0.4, 0.5) is 17.6 Å². The number of fused-ring (bicyclic) bond motifs is 2. The van der Waals surface area contributed by atoms with E-state index in [2.05, 4.69) is 20.2 Å². The molecule has 1 aromatic heterocycles. The molecule has 2 saturated heterocycles. The standard InChI is InChI=1S/C12H12F4N4O/c13-7-3-17-10(19-9(7)12(14,15)16)11(21)18-8-5-20-2-1-6(8)4-20/h3,6,8H,1-2,4-5H2,(H,18,21)/t6-,8?/m0/s1. The Labute approximate surface area is 117 Å². The number of hydrogen-bond acceptors (Lipinski definition) is 4. The highest BCUT2D eigenvalue weighted by molar-refractivity contribution is 5.90. The van der Waals surface area contributed by atoms with Crippen molar-refractivity contribution in [3.8, 4) is 0 Å². The van der Waals surface area contributed by atoms with E-state index in [0.717, 1.165) is 19.5 Å². The Balaban J connectivity index is 1.76. The molecule has 114 valence electrons. The summed E-state index contributed by atoms with van der Waals surface area (Å²) in [5.41, 5.74) is -1.72. The molecule has 0 radical (unpaired) electrons. The average Bonchev–Trinajstić information content (AvgIpc) is 3.00. The monoisotopic (exact) mass is 304 g/mol. The Hall–Kier alpha value is -1.77. The van der Waals surface area contributed by atoms with Gasteiger partial charge >= 0.3 is 6.18 Å². The molecule has 0 spiro atoms. The second-order valence-electron chi connectivity index (χ2n) is 5.28. The number of aromatic nitrogens is 2. The molecule has 0 aromatic carbocycles. The number of hydrogen-bond donors (Lipinski definition) is 1. The summed E-state index contributed by atoms with van der Waals surface area (Å²) in [5, 5.41) is 2.63. The molecule has 0 saturated carbocycles. The fourth-order valence-electron chi connectivity index (χ4n) is 2.86. The summed E-state index contributed by atoms with van der Waals surface area (Å²) in [6, 6.07) is -0.116. The maximum absolute atomic E-state index is 13.1. The summed E-state index contributed by atoms with van der Waals surface area (Å²) < 4.78 is 50.7. The third-order valence-corrected chi connectivity index (χ3v) is 3.86. The van der Waals surface area contributed by atoms with Gasteiger partial charge < -0.3 is 10.2 Å². The van der Waals surface area contributed by atoms with Gasteiger partial charge in [0.2, 0.25) is 5.82 Å². The van der Waals surface area contributed by atoms with Crippen molar-refractivity contribution in [2.45, 2.75) is 18.6 Å². The first-order valence-electron chi connectivity index (χ1n) is 6.47. The fourth-order valence-corrected chi connectivity index (χ4v) is 2.86.